The van der Waals surface area contributed by atoms with Crippen molar-refractivity contribution in [2.75, 3.05) is 19.8 Å². The highest BCUT2D eigenvalue weighted by Gasteiger charge is 2.06. The van der Waals surface area contributed by atoms with E-state index < -0.39 is 0 Å². The first-order chi connectivity index (χ1) is 6.39. The third-order valence-corrected chi connectivity index (χ3v) is 0.983. The lowest BCUT2D eigenvalue weighted by molar-refractivity contribution is -0.0797. The molecule has 0 N–H and O–H groups in total. The second-order valence-corrected chi connectivity index (χ2v) is 1.76. The van der Waals surface area contributed by atoms with Gasteiger partial charge < -0.3 is 9.47 Å². The van der Waals surface area contributed by atoms with Gasteiger partial charge >= 0.3 is 0 Å². The molecule has 0 aliphatic carbocycles. The Morgan fingerprint density at radius 3 is 1.46 bits per heavy atom. The molecular formula is C11H28O2. The van der Waals surface area contributed by atoms with Crippen LogP contribution in [0, 0.1) is 0 Å². The van der Waals surface area contributed by atoms with E-state index in [0.29, 0.717) is 6.10 Å². The van der Waals surface area contributed by atoms with Crippen molar-refractivity contribution >= 4 is 0 Å². The zero-order valence-corrected chi connectivity index (χ0v) is 10.5. The predicted molar refractivity (Wildman–Crippen MR) is 60.3 cm³/mol. The van der Waals surface area contributed by atoms with Crippen LogP contribution < -0.4 is 0 Å². The van der Waals surface area contributed by atoms with Crippen LogP contribution in [0.5, 0.6) is 0 Å². The summed E-state index contributed by atoms with van der Waals surface area (Å²) in [4.78, 5) is 0. The van der Waals surface area contributed by atoms with Gasteiger partial charge in [0.2, 0.25) is 0 Å². The molecule has 1 unspecified atom stereocenters. The molecule has 1 aliphatic rings. The van der Waals surface area contributed by atoms with Gasteiger partial charge in [-0.2, -0.15) is 0 Å². The molecule has 13 heavy (non-hydrogen) atoms. The van der Waals surface area contributed by atoms with Gasteiger partial charge in [0.25, 0.3) is 0 Å². The van der Waals surface area contributed by atoms with Gasteiger partial charge in [0.05, 0.1) is 25.9 Å². The predicted octanol–water partition coefficient (Wildman–Crippen LogP) is 3.50. The first-order valence-corrected chi connectivity index (χ1v) is 5.59. The Bertz CT molecular complexity index is 50.1. The van der Waals surface area contributed by atoms with Crippen molar-refractivity contribution in [3.8, 4) is 0 Å². The lowest BCUT2D eigenvalue weighted by Gasteiger charge is -2.18. The van der Waals surface area contributed by atoms with E-state index in [2.05, 4.69) is 0 Å². The number of ether oxygens (including phenoxy) is 2. The van der Waals surface area contributed by atoms with Gasteiger partial charge in [-0.05, 0) is 6.92 Å². The third-order valence-electron chi connectivity index (χ3n) is 0.983. The number of hydrogen-bond donors (Lipinski definition) is 0. The second kappa shape index (κ2) is 22.7. The quantitative estimate of drug-likeness (QED) is 0.585. The Balaban J connectivity index is -0.000000144. The minimum Gasteiger partial charge on any atom is -0.376 e. The summed E-state index contributed by atoms with van der Waals surface area (Å²) in [5.74, 6) is 0. The van der Waals surface area contributed by atoms with E-state index in [1.807, 2.05) is 48.5 Å². The van der Waals surface area contributed by atoms with Crippen LogP contribution in [0.25, 0.3) is 0 Å². The molecule has 0 radical (unpaired) electrons. The molecule has 2 heteroatoms. The van der Waals surface area contributed by atoms with E-state index in [1.54, 1.807) is 0 Å². The second-order valence-electron chi connectivity index (χ2n) is 1.76. The van der Waals surface area contributed by atoms with Crippen molar-refractivity contribution in [3.05, 3.63) is 0 Å². The van der Waals surface area contributed by atoms with Crippen molar-refractivity contribution in [2.45, 2.75) is 54.6 Å². The largest absolute Gasteiger partial charge is 0.376 e. The van der Waals surface area contributed by atoms with Gasteiger partial charge in [-0.25, -0.2) is 0 Å². The van der Waals surface area contributed by atoms with E-state index in [9.17, 15) is 0 Å². The topological polar surface area (TPSA) is 18.5 Å². The van der Waals surface area contributed by atoms with Crippen LogP contribution in [0.15, 0.2) is 0 Å². The lowest BCUT2D eigenvalue weighted by Crippen LogP contribution is -2.25. The van der Waals surface area contributed by atoms with E-state index in [1.165, 1.54) is 0 Å². The van der Waals surface area contributed by atoms with Crippen molar-refractivity contribution in [1.29, 1.82) is 0 Å². The van der Waals surface area contributed by atoms with Crippen molar-refractivity contribution in [3.63, 3.8) is 0 Å². The molecular weight excluding hydrogens is 164 g/mol. The van der Waals surface area contributed by atoms with Crippen LogP contribution in [-0.4, -0.2) is 25.9 Å². The fourth-order valence-electron chi connectivity index (χ4n) is 0.606. The van der Waals surface area contributed by atoms with E-state index >= 15 is 0 Å². The normalized spacial score (nSPS) is 19.2. The number of hydrogen-bond acceptors (Lipinski definition) is 2. The standard InChI is InChI=1S/C5H10O2.3C2H6/c1-5-4-6-2-3-7-5;3*1-2/h5H,2-4H2,1H3;3*1-2H3. The Morgan fingerprint density at radius 2 is 1.31 bits per heavy atom. The van der Waals surface area contributed by atoms with Crippen LogP contribution in [0.2, 0.25) is 0 Å². The highest BCUT2D eigenvalue weighted by molar-refractivity contribution is 4.50. The maximum atomic E-state index is 5.15. The summed E-state index contributed by atoms with van der Waals surface area (Å²) in [5, 5.41) is 0. The smallest absolute Gasteiger partial charge is 0.0781 e. The molecule has 0 aromatic carbocycles. The van der Waals surface area contributed by atoms with Gasteiger partial charge in [0.15, 0.2) is 0 Å². The Labute approximate surface area is 84.6 Å². The molecule has 0 aromatic rings. The van der Waals surface area contributed by atoms with Gasteiger partial charge in [0, 0.05) is 0 Å². The van der Waals surface area contributed by atoms with Gasteiger partial charge in [-0.3, -0.25) is 0 Å². The minimum atomic E-state index is 0.314. The molecule has 0 spiro atoms. The van der Waals surface area contributed by atoms with Crippen LogP contribution in [0.4, 0.5) is 0 Å². The Morgan fingerprint density at radius 1 is 0.846 bits per heavy atom. The first-order valence-electron chi connectivity index (χ1n) is 5.59. The van der Waals surface area contributed by atoms with Gasteiger partial charge in [-0.1, -0.05) is 41.5 Å². The zero-order valence-electron chi connectivity index (χ0n) is 10.5. The van der Waals surface area contributed by atoms with Crippen LogP contribution >= 0.6 is 0 Å². The van der Waals surface area contributed by atoms with E-state index in [-0.39, 0.29) is 0 Å². The van der Waals surface area contributed by atoms with Crippen molar-refractivity contribution in [2.24, 2.45) is 0 Å². The molecule has 1 atom stereocenters. The zero-order chi connectivity index (χ0) is 11.1. The monoisotopic (exact) mass is 192 g/mol. The fraction of sp³-hybridized carbons (Fsp3) is 1.00. The molecule has 0 amide bonds. The number of rotatable bonds is 0. The molecule has 1 heterocycles. The SMILES string of the molecule is CC.CC.CC.CC1COCCO1. The summed E-state index contributed by atoms with van der Waals surface area (Å²) in [6, 6.07) is 0. The summed E-state index contributed by atoms with van der Waals surface area (Å²) in [7, 11) is 0. The molecule has 0 aromatic heterocycles. The Kier molecular flexibility index (Phi) is 32.5. The van der Waals surface area contributed by atoms with Crippen molar-refractivity contribution in [1.82, 2.24) is 0 Å². The lowest BCUT2D eigenvalue weighted by atomic mass is 10.4. The van der Waals surface area contributed by atoms with Crippen molar-refractivity contribution < 1.29 is 9.47 Å². The fourth-order valence-corrected chi connectivity index (χ4v) is 0.606. The summed E-state index contributed by atoms with van der Waals surface area (Å²) >= 11 is 0. The summed E-state index contributed by atoms with van der Waals surface area (Å²) < 4.78 is 10.2. The minimum absolute atomic E-state index is 0.314. The van der Waals surface area contributed by atoms with E-state index in [4.69, 9.17) is 9.47 Å². The molecule has 2 nitrogen and oxygen atoms in total. The average molecular weight is 192 g/mol. The molecule has 84 valence electrons. The maximum absolute atomic E-state index is 5.15. The van der Waals surface area contributed by atoms with Gasteiger partial charge in [-0.15, -0.1) is 0 Å². The molecule has 0 bridgehead atoms. The summed E-state index contributed by atoms with van der Waals surface area (Å²) in [6.45, 7) is 16.3. The molecule has 1 saturated heterocycles. The summed E-state index contributed by atoms with van der Waals surface area (Å²) in [5.41, 5.74) is 0. The maximum Gasteiger partial charge on any atom is 0.0781 e. The van der Waals surface area contributed by atoms with Crippen LogP contribution in [-0.2, 0) is 9.47 Å². The summed E-state index contributed by atoms with van der Waals surface area (Å²) in [6.07, 6.45) is 0.314. The average Bonchev–Trinajstić information content (AvgIpc) is 2.28. The third kappa shape index (κ3) is 18.7. The first kappa shape index (κ1) is 18.7. The molecule has 1 aliphatic heterocycles. The van der Waals surface area contributed by atoms with Crippen LogP contribution in [0.1, 0.15) is 48.5 Å². The molecule has 1 rings (SSSR count). The highest BCUT2D eigenvalue weighted by Crippen LogP contribution is 1.96. The van der Waals surface area contributed by atoms with Gasteiger partial charge in [0.1, 0.15) is 0 Å². The van der Waals surface area contributed by atoms with Crippen LogP contribution in [0.3, 0.4) is 0 Å². The van der Waals surface area contributed by atoms with E-state index in [0.717, 1.165) is 19.8 Å². The molecule has 1 fully saturated rings. The molecule has 0 saturated carbocycles. The highest BCUT2D eigenvalue weighted by atomic mass is 16.6. The Hall–Kier alpha value is -0.0800.